The van der Waals surface area contributed by atoms with Crippen molar-refractivity contribution < 1.29 is 15.0 Å². The van der Waals surface area contributed by atoms with Crippen molar-refractivity contribution in [3.63, 3.8) is 0 Å². The van der Waals surface area contributed by atoms with Crippen molar-refractivity contribution >= 4 is 5.91 Å². The predicted molar refractivity (Wildman–Crippen MR) is 131 cm³/mol. The Morgan fingerprint density at radius 2 is 1.73 bits per heavy atom. The average Bonchev–Trinajstić information content (AvgIpc) is 3.18. The van der Waals surface area contributed by atoms with Gasteiger partial charge in [-0.25, -0.2) is 0 Å². The minimum Gasteiger partial charge on any atom is -0.393 e. The van der Waals surface area contributed by atoms with E-state index in [1.807, 2.05) is 0 Å². The van der Waals surface area contributed by atoms with E-state index in [9.17, 15) is 15.0 Å². The van der Waals surface area contributed by atoms with E-state index in [-0.39, 0.29) is 17.6 Å². The SMILES string of the molecule is CC(CCC(=O)N1CCCCC1)[C@H]1CC[C@H]2[C@@H]3CC[C@@H]4C[C@H](O)CC[C@]4(C)[C@H]3C[C@H](O)[C@]12C. The maximum absolute atomic E-state index is 12.8. The lowest BCUT2D eigenvalue weighted by Gasteiger charge is -2.62. The molecule has 1 unspecified atom stereocenters. The van der Waals surface area contributed by atoms with Crippen LogP contribution in [-0.2, 0) is 4.79 Å². The van der Waals surface area contributed by atoms with Gasteiger partial charge in [-0.2, -0.15) is 0 Å². The number of hydrogen-bond donors (Lipinski definition) is 2. The van der Waals surface area contributed by atoms with Gasteiger partial charge in [-0.1, -0.05) is 20.8 Å². The highest BCUT2D eigenvalue weighted by molar-refractivity contribution is 5.76. The molecule has 4 nitrogen and oxygen atoms in total. The molecule has 0 radical (unpaired) electrons. The first-order valence-corrected chi connectivity index (χ1v) is 14.4. The minimum absolute atomic E-state index is 0.00608. The highest BCUT2D eigenvalue weighted by atomic mass is 16.3. The second kappa shape index (κ2) is 9.12. The highest BCUT2D eigenvalue weighted by Crippen LogP contribution is 2.68. The number of likely N-dealkylation sites (tertiary alicyclic amines) is 1. The van der Waals surface area contributed by atoms with Crippen LogP contribution < -0.4 is 0 Å². The summed E-state index contributed by atoms with van der Waals surface area (Å²) in [5.41, 5.74) is 0.307. The van der Waals surface area contributed by atoms with Crippen LogP contribution in [0.15, 0.2) is 0 Å². The smallest absolute Gasteiger partial charge is 0.222 e. The molecule has 1 heterocycles. The molecule has 2 N–H and O–H groups in total. The van der Waals surface area contributed by atoms with Crippen LogP contribution in [0.3, 0.4) is 0 Å². The highest BCUT2D eigenvalue weighted by Gasteiger charge is 2.63. The number of hydrogen-bond acceptors (Lipinski definition) is 3. The van der Waals surface area contributed by atoms with Crippen molar-refractivity contribution in [2.45, 2.75) is 116 Å². The fraction of sp³-hybridized carbons (Fsp3) is 0.966. The molecule has 188 valence electrons. The summed E-state index contributed by atoms with van der Waals surface area (Å²) in [4.78, 5) is 14.9. The summed E-state index contributed by atoms with van der Waals surface area (Å²) in [5.74, 6) is 4.00. The van der Waals surface area contributed by atoms with Crippen molar-refractivity contribution in [1.29, 1.82) is 0 Å². The predicted octanol–water partition coefficient (Wildman–Crippen LogP) is 5.41. The number of nitrogens with zero attached hydrogens (tertiary/aromatic N) is 1. The summed E-state index contributed by atoms with van der Waals surface area (Å²) in [7, 11) is 0. The monoisotopic (exact) mass is 459 g/mol. The lowest BCUT2D eigenvalue weighted by Crippen LogP contribution is -2.58. The van der Waals surface area contributed by atoms with Gasteiger partial charge in [-0.05, 0) is 123 Å². The molecule has 0 spiro atoms. The van der Waals surface area contributed by atoms with Gasteiger partial charge in [0, 0.05) is 19.5 Å². The van der Waals surface area contributed by atoms with Crippen LogP contribution in [0.1, 0.15) is 104 Å². The number of fused-ring (bicyclic) bond motifs is 5. The van der Waals surface area contributed by atoms with E-state index in [4.69, 9.17) is 0 Å². The Hall–Kier alpha value is -0.610. The molecule has 1 amide bonds. The second-order valence-electron chi connectivity index (χ2n) is 13.3. The zero-order chi connectivity index (χ0) is 23.4. The van der Waals surface area contributed by atoms with Crippen LogP contribution >= 0.6 is 0 Å². The Kier molecular flexibility index (Phi) is 6.66. The summed E-state index contributed by atoms with van der Waals surface area (Å²) >= 11 is 0. The fourth-order valence-corrected chi connectivity index (χ4v) is 10.0. The Bertz CT molecular complexity index is 720. The molecule has 10 atom stereocenters. The van der Waals surface area contributed by atoms with Crippen LogP contribution in [0.25, 0.3) is 0 Å². The Labute approximate surface area is 201 Å². The molecule has 33 heavy (non-hydrogen) atoms. The average molecular weight is 460 g/mol. The molecule has 0 aromatic rings. The van der Waals surface area contributed by atoms with E-state index in [0.717, 1.165) is 64.0 Å². The number of carbonyl (C=O) groups excluding carboxylic acids is 1. The first-order chi connectivity index (χ1) is 15.7. The maximum atomic E-state index is 12.8. The van der Waals surface area contributed by atoms with Crippen molar-refractivity contribution in [3.05, 3.63) is 0 Å². The summed E-state index contributed by atoms with van der Waals surface area (Å²) < 4.78 is 0. The Morgan fingerprint density at radius 3 is 2.48 bits per heavy atom. The zero-order valence-electron chi connectivity index (χ0n) is 21.5. The van der Waals surface area contributed by atoms with E-state index in [0.29, 0.717) is 47.3 Å². The summed E-state index contributed by atoms with van der Waals surface area (Å²) in [6.07, 6.45) is 14.0. The van der Waals surface area contributed by atoms with E-state index >= 15 is 0 Å². The lowest BCUT2D eigenvalue weighted by molar-refractivity contribution is -0.175. The van der Waals surface area contributed by atoms with Crippen LogP contribution in [0.2, 0.25) is 0 Å². The molecule has 0 aromatic carbocycles. The third-order valence-corrected chi connectivity index (χ3v) is 12.0. The molecule has 0 aromatic heterocycles. The van der Waals surface area contributed by atoms with E-state index in [1.165, 1.54) is 32.1 Å². The van der Waals surface area contributed by atoms with Gasteiger partial charge in [0.15, 0.2) is 0 Å². The number of rotatable bonds is 4. The Balaban J connectivity index is 1.27. The molecule has 1 aliphatic heterocycles. The van der Waals surface area contributed by atoms with Crippen LogP contribution in [0.5, 0.6) is 0 Å². The molecular formula is C29H49NO3. The van der Waals surface area contributed by atoms with E-state index < -0.39 is 0 Å². The standard InChI is InChI=1S/C29H49NO3/c1-19(7-12-27(33)30-15-5-4-6-16-30)23-10-11-24-22-9-8-20-17-21(31)13-14-28(20,2)25(22)18-26(32)29(23,24)3/h19-26,31-32H,4-18H2,1-3H3/t19?,20-,21-,22+,23-,24+,25+,26+,28+,29-/m1/s1. The van der Waals surface area contributed by atoms with Crippen LogP contribution in [0, 0.1) is 46.3 Å². The zero-order valence-corrected chi connectivity index (χ0v) is 21.5. The molecular weight excluding hydrogens is 410 g/mol. The number of piperidine rings is 1. The van der Waals surface area contributed by atoms with Gasteiger partial charge in [-0.3, -0.25) is 4.79 Å². The largest absolute Gasteiger partial charge is 0.393 e. The second-order valence-corrected chi connectivity index (χ2v) is 13.3. The number of aliphatic hydroxyl groups is 2. The third kappa shape index (κ3) is 3.99. The third-order valence-electron chi connectivity index (χ3n) is 12.0. The van der Waals surface area contributed by atoms with E-state index in [1.54, 1.807) is 0 Å². The van der Waals surface area contributed by atoms with E-state index in [2.05, 4.69) is 25.7 Å². The van der Waals surface area contributed by atoms with Gasteiger partial charge >= 0.3 is 0 Å². The molecule has 4 heteroatoms. The van der Waals surface area contributed by atoms with Gasteiger partial charge < -0.3 is 15.1 Å². The first-order valence-electron chi connectivity index (χ1n) is 14.4. The summed E-state index contributed by atoms with van der Waals surface area (Å²) in [6, 6.07) is 0. The Morgan fingerprint density at radius 1 is 0.970 bits per heavy atom. The maximum Gasteiger partial charge on any atom is 0.222 e. The number of aliphatic hydroxyl groups excluding tert-OH is 2. The lowest BCUT2D eigenvalue weighted by atomic mass is 9.43. The topological polar surface area (TPSA) is 60.8 Å². The van der Waals surface area contributed by atoms with Gasteiger partial charge in [0.05, 0.1) is 12.2 Å². The molecule has 1 saturated heterocycles. The van der Waals surface area contributed by atoms with Crippen LogP contribution in [0.4, 0.5) is 0 Å². The first kappa shape index (κ1) is 24.1. The quantitative estimate of drug-likeness (QED) is 0.591. The van der Waals surface area contributed by atoms with Gasteiger partial charge in [0.25, 0.3) is 0 Å². The molecule has 0 bridgehead atoms. The van der Waals surface area contributed by atoms with Gasteiger partial charge in [-0.15, -0.1) is 0 Å². The molecule has 5 aliphatic rings. The number of amides is 1. The molecule has 4 aliphatic carbocycles. The van der Waals surface area contributed by atoms with Crippen molar-refractivity contribution in [1.82, 2.24) is 4.90 Å². The van der Waals surface area contributed by atoms with Crippen molar-refractivity contribution in [3.8, 4) is 0 Å². The summed E-state index contributed by atoms with van der Waals surface area (Å²) in [5, 5.41) is 22.0. The normalized spacial score (nSPS) is 48.5. The van der Waals surface area contributed by atoms with Crippen molar-refractivity contribution in [2.24, 2.45) is 46.3 Å². The number of carbonyl (C=O) groups is 1. The summed E-state index contributed by atoms with van der Waals surface area (Å²) in [6.45, 7) is 9.18. The van der Waals surface area contributed by atoms with Gasteiger partial charge in [0.2, 0.25) is 5.91 Å². The molecule has 5 rings (SSSR count). The fourth-order valence-electron chi connectivity index (χ4n) is 10.0. The van der Waals surface area contributed by atoms with Gasteiger partial charge in [0.1, 0.15) is 0 Å². The molecule has 5 fully saturated rings. The molecule has 4 saturated carbocycles. The van der Waals surface area contributed by atoms with Crippen LogP contribution in [-0.4, -0.2) is 46.3 Å². The minimum atomic E-state index is -0.223. The van der Waals surface area contributed by atoms with Crippen molar-refractivity contribution in [2.75, 3.05) is 13.1 Å².